The maximum absolute atomic E-state index is 0. The van der Waals surface area contributed by atoms with Gasteiger partial charge < -0.3 is 242 Å². The number of hydrogen-bond donors (Lipinski definition) is 1. The van der Waals surface area contributed by atoms with E-state index >= 15 is 0 Å². The summed E-state index contributed by atoms with van der Waals surface area (Å²) in [6.07, 6.45) is 0. The van der Waals surface area contributed by atoms with Crippen molar-refractivity contribution in [1.29, 1.82) is 0 Å². The Morgan fingerprint density at radius 1 is 0.0455 bits per heavy atom. The van der Waals surface area contributed by atoms with Crippen molar-refractivity contribution in [2.24, 2.45) is 0 Å². The fourth-order valence-corrected chi connectivity index (χ4v) is 0. The molecule has 0 saturated heterocycles. The fourth-order valence-electron chi connectivity index (χ4n) is 0. The monoisotopic (exact) mass is 791 g/mol. The SMILES string of the molecule is N.O.O.O.O.O.O.O.O.O.O.O.O.O.O.O.O.O.O.O.O.O.O.O.O.O.O.O.O.O.O.O.O.O.O.O.O.O.O.O.O.O.O.O. The van der Waals surface area contributed by atoms with Crippen molar-refractivity contribution >= 4 is 0 Å². The largest absolute Gasteiger partial charge is 0.412 e. The highest BCUT2D eigenvalue weighted by Crippen LogP contribution is -0.247. The minimum absolute atomic E-state index is 0. The Labute approximate surface area is 243 Å². The van der Waals surface area contributed by atoms with Crippen LogP contribution in [0.15, 0.2) is 0 Å². The van der Waals surface area contributed by atoms with Crippen molar-refractivity contribution in [2.75, 3.05) is 0 Å². The third-order valence-corrected chi connectivity index (χ3v) is 0. The summed E-state index contributed by atoms with van der Waals surface area (Å²) in [5, 5.41) is 0. The van der Waals surface area contributed by atoms with Crippen molar-refractivity contribution in [3.8, 4) is 0 Å². The average Bonchev–Trinajstić information content (AvgIpc) is 0. The van der Waals surface area contributed by atoms with Crippen LogP contribution in [-0.4, -0.2) is 235 Å². The Kier molecular flexibility index (Phi) is 11400000. The number of hydrogen-bond acceptors (Lipinski definition) is 1. The van der Waals surface area contributed by atoms with Crippen molar-refractivity contribution in [3.05, 3.63) is 0 Å². The molecule has 0 bridgehead atoms. The third kappa shape index (κ3) is 20000. The molecule has 0 saturated carbocycles. The Bertz CT molecular complexity index is 6.89. The van der Waals surface area contributed by atoms with Crippen LogP contribution in [0.4, 0.5) is 0 Å². The maximum atomic E-state index is 0. The predicted molar refractivity (Wildman–Crippen MR) is 160 cm³/mol. The molecular formula is H89NO43. The Hall–Kier alpha value is -1.76. The second-order valence-electron chi connectivity index (χ2n) is 0. The molecule has 0 unspecified atom stereocenters. The molecular weight excluding hydrogens is 702 g/mol. The van der Waals surface area contributed by atoms with E-state index < -0.39 is 0 Å². The summed E-state index contributed by atoms with van der Waals surface area (Å²) in [5.41, 5.74) is 0. The molecule has 0 radical (unpaired) electrons. The topological polar surface area (TPSA) is 1390 Å². The van der Waals surface area contributed by atoms with Gasteiger partial charge in [-0.05, 0) is 0 Å². The average molecular weight is 792 g/mol. The van der Waals surface area contributed by atoms with Gasteiger partial charge >= 0.3 is 0 Å². The van der Waals surface area contributed by atoms with Crippen LogP contribution in [0.1, 0.15) is 0 Å². The van der Waals surface area contributed by atoms with E-state index in [1.54, 1.807) is 0 Å². The summed E-state index contributed by atoms with van der Waals surface area (Å²) in [6, 6.07) is 0. The normalized spacial score (nSPS) is 0. The molecule has 89 N–H and O–H groups in total. The van der Waals surface area contributed by atoms with Gasteiger partial charge in [0.2, 0.25) is 0 Å². The molecule has 0 rings (SSSR count). The molecule has 0 aromatic carbocycles. The van der Waals surface area contributed by atoms with E-state index in [4.69, 9.17) is 0 Å². The zero-order valence-corrected chi connectivity index (χ0v) is 22.2. The molecule has 0 aromatic rings. The molecule has 352 valence electrons. The number of rotatable bonds is 0. The third-order valence-electron chi connectivity index (χ3n) is 0. The lowest BCUT2D eigenvalue weighted by atomic mass is 14.0. The van der Waals surface area contributed by atoms with Crippen LogP contribution < -0.4 is 6.15 Å². The van der Waals surface area contributed by atoms with Crippen molar-refractivity contribution in [1.82, 2.24) is 6.15 Å². The van der Waals surface area contributed by atoms with E-state index in [2.05, 4.69) is 0 Å². The molecule has 0 spiro atoms. The Morgan fingerprint density at radius 2 is 0.0455 bits per heavy atom. The van der Waals surface area contributed by atoms with Gasteiger partial charge in [-0.3, -0.25) is 0 Å². The van der Waals surface area contributed by atoms with Crippen LogP contribution in [0.5, 0.6) is 0 Å². The van der Waals surface area contributed by atoms with Gasteiger partial charge in [0.25, 0.3) is 0 Å². The Balaban J connectivity index is 0. The first-order chi connectivity index (χ1) is 0. The van der Waals surface area contributed by atoms with E-state index in [1.807, 2.05) is 0 Å². The van der Waals surface area contributed by atoms with Gasteiger partial charge in [0, 0.05) is 0 Å². The minimum atomic E-state index is 0. The van der Waals surface area contributed by atoms with Gasteiger partial charge in [-0.1, -0.05) is 0 Å². The highest BCUT2D eigenvalue weighted by Gasteiger charge is -0.342. The second-order valence-corrected chi connectivity index (χ2v) is 0. The lowest BCUT2D eigenvalue weighted by Crippen LogP contribution is -0.481. The predicted octanol–water partition coefficient (Wildman–Crippen LogP) is -35.3. The molecule has 44 heavy (non-hydrogen) atoms. The molecule has 0 aromatic heterocycles. The Morgan fingerprint density at radius 3 is 0.0455 bits per heavy atom. The highest BCUT2D eigenvalue weighted by atomic mass is 16.0. The lowest BCUT2D eigenvalue weighted by molar-refractivity contribution is 0.823. The first kappa shape index (κ1) is 23200. The standard InChI is InChI=1S/H3N.43H2O/h1H3;43*1H2. The highest BCUT2D eigenvalue weighted by molar-refractivity contribution is 2.13. The van der Waals surface area contributed by atoms with Crippen LogP contribution in [0.25, 0.3) is 0 Å². The van der Waals surface area contributed by atoms with Gasteiger partial charge in [-0.15, -0.1) is 0 Å². The summed E-state index contributed by atoms with van der Waals surface area (Å²) in [4.78, 5) is 0. The zero-order chi connectivity index (χ0) is 0. The van der Waals surface area contributed by atoms with E-state index in [0.717, 1.165) is 0 Å². The van der Waals surface area contributed by atoms with Crippen LogP contribution in [0.3, 0.4) is 0 Å². The first-order valence-electron chi connectivity index (χ1n) is 0. The van der Waals surface area contributed by atoms with Gasteiger partial charge in [-0.2, -0.15) is 0 Å². The van der Waals surface area contributed by atoms with E-state index in [1.165, 1.54) is 0 Å². The van der Waals surface area contributed by atoms with Crippen LogP contribution in [-0.2, 0) is 0 Å². The summed E-state index contributed by atoms with van der Waals surface area (Å²) in [7, 11) is 0. The van der Waals surface area contributed by atoms with E-state index in [0.29, 0.717) is 0 Å². The molecule has 0 aliphatic carbocycles. The maximum Gasteiger partial charge on any atom is -0.344 e. The molecule has 0 aliphatic heterocycles. The summed E-state index contributed by atoms with van der Waals surface area (Å²) in [5.74, 6) is 0. The van der Waals surface area contributed by atoms with Crippen molar-refractivity contribution < 1.29 is 235 Å². The molecule has 0 atom stereocenters. The van der Waals surface area contributed by atoms with E-state index in [9.17, 15) is 0 Å². The van der Waals surface area contributed by atoms with Gasteiger partial charge in [-0.25, -0.2) is 0 Å². The molecule has 0 fully saturated rings. The summed E-state index contributed by atoms with van der Waals surface area (Å²) in [6.45, 7) is 0. The molecule has 0 aliphatic rings. The van der Waals surface area contributed by atoms with Crippen LogP contribution in [0, 0.1) is 0 Å². The fraction of sp³-hybridized carbons (Fsp3) is 0. The lowest BCUT2D eigenvalue weighted by Gasteiger charge is -0.413. The molecule has 44 heteroatoms. The molecule has 0 heterocycles. The minimum Gasteiger partial charge on any atom is -0.412 e. The smallest absolute Gasteiger partial charge is 0.344 e. The van der Waals surface area contributed by atoms with Crippen LogP contribution in [0.2, 0.25) is 0 Å². The van der Waals surface area contributed by atoms with Crippen LogP contribution >= 0.6 is 0 Å². The molecule has 0 amide bonds. The second kappa shape index (κ2) is 21600. The zero-order valence-electron chi connectivity index (χ0n) is 22.2. The van der Waals surface area contributed by atoms with Gasteiger partial charge in [0.05, 0.1) is 0 Å². The van der Waals surface area contributed by atoms with Crippen molar-refractivity contribution in [3.63, 3.8) is 0 Å². The van der Waals surface area contributed by atoms with Crippen molar-refractivity contribution in [2.45, 2.75) is 0 Å². The van der Waals surface area contributed by atoms with Gasteiger partial charge in [0.1, 0.15) is 0 Å². The quantitative estimate of drug-likeness (QED) is 0.245. The van der Waals surface area contributed by atoms with E-state index in [-0.39, 0.29) is 242 Å². The van der Waals surface area contributed by atoms with Gasteiger partial charge in [0.15, 0.2) is 0 Å². The molecule has 44 nitrogen and oxygen atoms in total. The summed E-state index contributed by atoms with van der Waals surface area (Å²) >= 11 is 0. The summed E-state index contributed by atoms with van der Waals surface area (Å²) < 4.78 is 0. The first-order valence-corrected chi connectivity index (χ1v) is 0.